The molecule has 0 atom stereocenters. The van der Waals surface area contributed by atoms with Crippen LogP contribution in [0.2, 0.25) is 0 Å². The van der Waals surface area contributed by atoms with Crippen molar-refractivity contribution in [2.45, 2.75) is 51.9 Å². The van der Waals surface area contributed by atoms with E-state index < -0.39 is 0 Å². The van der Waals surface area contributed by atoms with Gasteiger partial charge in [0, 0.05) is 5.92 Å². The van der Waals surface area contributed by atoms with Crippen LogP contribution in [-0.2, 0) is 6.42 Å². The van der Waals surface area contributed by atoms with Crippen molar-refractivity contribution in [1.29, 1.82) is 0 Å². The average molecular weight is 289 g/mol. The molecule has 106 valence electrons. The zero-order chi connectivity index (χ0) is 14.1. The third-order valence-corrected chi connectivity index (χ3v) is 5.43. The molecule has 0 bridgehead atoms. The minimum atomic E-state index is -0.128. The summed E-state index contributed by atoms with van der Waals surface area (Å²) in [5.41, 5.74) is 3.10. The Kier molecular flexibility index (Phi) is 3.88. The number of hydrogen-bond donors (Lipinski definition) is 0. The van der Waals surface area contributed by atoms with Crippen molar-refractivity contribution >= 4 is 11.3 Å². The molecule has 0 N–H and O–H groups in total. The predicted octanol–water partition coefficient (Wildman–Crippen LogP) is 5.48. The number of halogens is 1. The standard InChI is InChI=1S/C17H20FNS/c1-3-15-19-16(12-6-4-5-7-12)17(20-15)13-8-9-14(18)11(2)10-13/h8-10,12H,3-7H2,1-2H3. The first kappa shape index (κ1) is 13.7. The number of thiazole rings is 1. The summed E-state index contributed by atoms with van der Waals surface area (Å²) in [6.45, 7) is 3.98. The molecule has 1 aliphatic rings. The SMILES string of the molecule is CCc1nc(C2CCCC2)c(-c2ccc(F)c(C)c2)s1. The Bertz CT molecular complexity index is 611. The Morgan fingerprint density at radius 3 is 2.70 bits per heavy atom. The number of aromatic nitrogens is 1. The fourth-order valence-electron chi connectivity index (χ4n) is 3.00. The molecule has 1 fully saturated rings. The van der Waals surface area contributed by atoms with E-state index in [-0.39, 0.29) is 5.82 Å². The van der Waals surface area contributed by atoms with Crippen LogP contribution in [0.1, 0.15) is 54.8 Å². The predicted molar refractivity (Wildman–Crippen MR) is 82.8 cm³/mol. The van der Waals surface area contributed by atoms with E-state index in [1.54, 1.807) is 17.4 Å². The maximum absolute atomic E-state index is 13.5. The molecule has 1 aromatic carbocycles. The molecule has 1 heterocycles. The van der Waals surface area contributed by atoms with Gasteiger partial charge in [-0.1, -0.05) is 25.8 Å². The summed E-state index contributed by atoms with van der Waals surface area (Å²) in [4.78, 5) is 6.12. The molecular weight excluding hydrogens is 269 g/mol. The summed E-state index contributed by atoms with van der Waals surface area (Å²) in [7, 11) is 0. The molecule has 0 radical (unpaired) electrons. The summed E-state index contributed by atoms with van der Waals surface area (Å²) in [6, 6.07) is 5.43. The topological polar surface area (TPSA) is 12.9 Å². The van der Waals surface area contributed by atoms with Crippen molar-refractivity contribution in [3.63, 3.8) is 0 Å². The summed E-state index contributed by atoms with van der Waals surface area (Å²) in [5.74, 6) is 0.475. The van der Waals surface area contributed by atoms with Crippen LogP contribution in [-0.4, -0.2) is 4.98 Å². The highest BCUT2D eigenvalue weighted by Crippen LogP contribution is 2.42. The first-order chi connectivity index (χ1) is 9.69. The average Bonchev–Trinajstić information content (AvgIpc) is 3.09. The van der Waals surface area contributed by atoms with E-state index >= 15 is 0 Å². The third-order valence-electron chi connectivity index (χ3n) is 4.16. The Morgan fingerprint density at radius 2 is 2.05 bits per heavy atom. The monoisotopic (exact) mass is 289 g/mol. The van der Waals surface area contributed by atoms with Gasteiger partial charge in [-0.25, -0.2) is 9.37 Å². The normalized spacial score (nSPS) is 15.9. The first-order valence-electron chi connectivity index (χ1n) is 7.45. The van der Waals surface area contributed by atoms with Crippen LogP contribution < -0.4 is 0 Å². The Labute approximate surface area is 123 Å². The molecule has 20 heavy (non-hydrogen) atoms. The Hall–Kier alpha value is -1.22. The van der Waals surface area contributed by atoms with Crippen molar-refractivity contribution in [1.82, 2.24) is 4.98 Å². The van der Waals surface area contributed by atoms with Gasteiger partial charge in [0.15, 0.2) is 0 Å². The maximum Gasteiger partial charge on any atom is 0.126 e. The van der Waals surface area contributed by atoms with Gasteiger partial charge in [0.25, 0.3) is 0 Å². The molecule has 0 unspecified atom stereocenters. The molecular formula is C17H20FNS. The van der Waals surface area contributed by atoms with E-state index in [1.165, 1.54) is 41.3 Å². The summed E-state index contributed by atoms with van der Waals surface area (Å²) < 4.78 is 13.5. The lowest BCUT2D eigenvalue weighted by Crippen LogP contribution is -1.96. The molecule has 0 aliphatic heterocycles. The van der Waals surface area contributed by atoms with Crippen molar-refractivity contribution in [2.75, 3.05) is 0 Å². The first-order valence-corrected chi connectivity index (χ1v) is 8.26. The van der Waals surface area contributed by atoms with Gasteiger partial charge in [-0.05, 0) is 49.4 Å². The maximum atomic E-state index is 13.5. The van der Waals surface area contributed by atoms with E-state index in [1.807, 2.05) is 19.1 Å². The molecule has 0 saturated heterocycles. The second kappa shape index (κ2) is 5.65. The molecule has 2 aromatic rings. The highest BCUT2D eigenvalue weighted by atomic mass is 32.1. The van der Waals surface area contributed by atoms with E-state index in [9.17, 15) is 4.39 Å². The van der Waals surface area contributed by atoms with Crippen LogP contribution >= 0.6 is 11.3 Å². The molecule has 1 aromatic heterocycles. The lowest BCUT2D eigenvalue weighted by atomic mass is 9.99. The fourth-order valence-corrected chi connectivity index (χ4v) is 4.08. The van der Waals surface area contributed by atoms with E-state index in [4.69, 9.17) is 4.98 Å². The van der Waals surface area contributed by atoms with E-state index in [2.05, 4.69) is 6.92 Å². The lowest BCUT2D eigenvalue weighted by molar-refractivity contribution is 0.618. The van der Waals surface area contributed by atoms with Crippen LogP contribution in [0, 0.1) is 12.7 Å². The van der Waals surface area contributed by atoms with Gasteiger partial charge in [0.05, 0.1) is 15.6 Å². The van der Waals surface area contributed by atoms with Gasteiger partial charge in [-0.2, -0.15) is 0 Å². The molecule has 1 aliphatic carbocycles. The molecule has 3 rings (SSSR count). The number of benzene rings is 1. The molecule has 1 nitrogen and oxygen atoms in total. The zero-order valence-corrected chi connectivity index (χ0v) is 12.9. The van der Waals surface area contributed by atoms with Gasteiger partial charge < -0.3 is 0 Å². The van der Waals surface area contributed by atoms with Crippen LogP contribution in [0.4, 0.5) is 4.39 Å². The van der Waals surface area contributed by atoms with Crippen molar-refractivity contribution in [3.05, 3.63) is 40.3 Å². The minimum Gasteiger partial charge on any atom is -0.245 e. The zero-order valence-electron chi connectivity index (χ0n) is 12.1. The van der Waals surface area contributed by atoms with E-state index in [0.717, 1.165) is 12.0 Å². The van der Waals surface area contributed by atoms with E-state index in [0.29, 0.717) is 11.5 Å². The molecule has 1 saturated carbocycles. The minimum absolute atomic E-state index is 0.128. The summed E-state index contributed by atoms with van der Waals surface area (Å²) >= 11 is 1.78. The number of hydrogen-bond acceptors (Lipinski definition) is 2. The second-order valence-corrected chi connectivity index (χ2v) is 6.70. The van der Waals surface area contributed by atoms with Gasteiger partial charge in [-0.15, -0.1) is 11.3 Å². The van der Waals surface area contributed by atoms with Crippen LogP contribution in [0.25, 0.3) is 10.4 Å². The van der Waals surface area contributed by atoms with Crippen molar-refractivity contribution in [3.8, 4) is 10.4 Å². The quantitative estimate of drug-likeness (QED) is 0.729. The van der Waals surface area contributed by atoms with Gasteiger partial charge in [-0.3, -0.25) is 0 Å². The summed E-state index contributed by atoms with van der Waals surface area (Å²) in [6.07, 6.45) is 6.10. The Morgan fingerprint density at radius 1 is 1.30 bits per heavy atom. The molecule has 0 spiro atoms. The smallest absolute Gasteiger partial charge is 0.126 e. The number of rotatable bonds is 3. The lowest BCUT2D eigenvalue weighted by Gasteiger charge is -2.09. The molecule has 0 amide bonds. The summed E-state index contributed by atoms with van der Waals surface area (Å²) in [5, 5.41) is 1.20. The fraction of sp³-hybridized carbons (Fsp3) is 0.471. The van der Waals surface area contributed by atoms with Gasteiger partial charge >= 0.3 is 0 Å². The third kappa shape index (κ3) is 2.51. The van der Waals surface area contributed by atoms with Crippen LogP contribution in [0.15, 0.2) is 18.2 Å². The Balaban J connectivity index is 2.06. The van der Waals surface area contributed by atoms with Crippen LogP contribution in [0.5, 0.6) is 0 Å². The van der Waals surface area contributed by atoms with Crippen molar-refractivity contribution < 1.29 is 4.39 Å². The highest BCUT2D eigenvalue weighted by molar-refractivity contribution is 7.15. The van der Waals surface area contributed by atoms with Crippen molar-refractivity contribution in [2.24, 2.45) is 0 Å². The second-order valence-electron chi connectivity index (χ2n) is 5.62. The van der Waals surface area contributed by atoms with Crippen LogP contribution in [0.3, 0.4) is 0 Å². The largest absolute Gasteiger partial charge is 0.245 e. The highest BCUT2D eigenvalue weighted by Gasteiger charge is 2.24. The van der Waals surface area contributed by atoms with Gasteiger partial charge in [0.2, 0.25) is 0 Å². The van der Waals surface area contributed by atoms with Gasteiger partial charge in [0.1, 0.15) is 5.82 Å². The number of nitrogens with zero attached hydrogens (tertiary/aromatic N) is 1. The number of aryl methyl sites for hydroxylation is 2. The molecule has 3 heteroatoms.